The maximum absolute atomic E-state index is 4.33. The van der Waals surface area contributed by atoms with Crippen LogP contribution in [0.25, 0.3) is 0 Å². The SMILES string of the molecule is C=CC(C)CCC1CC(C(=C)C)CCC1c1ccc(CCC(Cc2ccc(C3CCC(C=C)CC3)cc2)c2ccccc2)cc1. The van der Waals surface area contributed by atoms with Gasteiger partial charge in [-0.1, -0.05) is 110 Å². The van der Waals surface area contributed by atoms with E-state index in [1.54, 1.807) is 5.56 Å². The Morgan fingerprint density at radius 3 is 2.09 bits per heavy atom. The number of hydrogen-bond acceptors (Lipinski definition) is 0. The second-order valence-electron chi connectivity index (χ2n) is 14.7. The van der Waals surface area contributed by atoms with Crippen LogP contribution in [0.5, 0.6) is 0 Å². The Balaban J connectivity index is 1.22. The Morgan fingerprint density at radius 2 is 1.44 bits per heavy atom. The van der Waals surface area contributed by atoms with E-state index in [2.05, 4.69) is 125 Å². The van der Waals surface area contributed by atoms with Gasteiger partial charge in [0.25, 0.3) is 0 Å². The Morgan fingerprint density at radius 1 is 0.778 bits per heavy atom. The van der Waals surface area contributed by atoms with Crippen molar-refractivity contribution in [2.75, 3.05) is 0 Å². The summed E-state index contributed by atoms with van der Waals surface area (Å²) in [5.41, 5.74) is 8.85. The molecular weight excluding hydrogens is 540 g/mol. The van der Waals surface area contributed by atoms with E-state index < -0.39 is 0 Å². The van der Waals surface area contributed by atoms with E-state index in [0.29, 0.717) is 23.7 Å². The number of hydrogen-bond donors (Lipinski definition) is 0. The van der Waals surface area contributed by atoms with Crippen LogP contribution in [-0.4, -0.2) is 0 Å². The van der Waals surface area contributed by atoms with E-state index in [0.717, 1.165) is 30.6 Å². The molecule has 0 nitrogen and oxygen atoms in total. The minimum Gasteiger partial charge on any atom is -0.103 e. The van der Waals surface area contributed by atoms with Gasteiger partial charge in [0.15, 0.2) is 0 Å². The molecule has 2 aliphatic carbocycles. The number of allylic oxidation sites excluding steroid dienone is 3. The highest BCUT2D eigenvalue weighted by Crippen LogP contribution is 2.45. The van der Waals surface area contributed by atoms with Crippen LogP contribution in [0.15, 0.2) is 116 Å². The van der Waals surface area contributed by atoms with Gasteiger partial charge >= 0.3 is 0 Å². The monoisotopic (exact) mass is 598 g/mol. The Bertz CT molecular complexity index is 1340. The molecule has 2 fully saturated rings. The lowest BCUT2D eigenvalue weighted by Gasteiger charge is -2.37. The third kappa shape index (κ3) is 9.22. The summed E-state index contributed by atoms with van der Waals surface area (Å²) in [4.78, 5) is 0. The fraction of sp³-hybridized carbons (Fsp3) is 0.467. The molecule has 0 spiro atoms. The van der Waals surface area contributed by atoms with Crippen molar-refractivity contribution in [3.8, 4) is 0 Å². The Kier molecular flexibility index (Phi) is 12.1. The maximum atomic E-state index is 4.33. The summed E-state index contributed by atoms with van der Waals surface area (Å²) >= 11 is 0. The van der Waals surface area contributed by atoms with Crippen LogP contribution < -0.4 is 0 Å². The molecule has 0 N–H and O–H groups in total. The zero-order valence-electron chi connectivity index (χ0n) is 28.3. The summed E-state index contributed by atoms with van der Waals surface area (Å²) in [5, 5.41) is 0. The largest absolute Gasteiger partial charge is 0.103 e. The van der Waals surface area contributed by atoms with Crippen molar-refractivity contribution in [2.24, 2.45) is 23.7 Å². The molecule has 238 valence electrons. The van der Waals surface area contributed by atoms with Gasteiger partial charge in [0, 0.05) is 0 Å². The molecule has 0 amide bonds. The minimum absolute atomic E-state index is 0.522. The summed E-state index contributed by atoms with van der Waals surface area (Å²) in [6.45, 7) is 16.9. The van der Waals surface area contributed by atoms with Crippen molar-refractivity contribution in [1.29, 1.82) is 0 Å². The molecule has 5 rings (SSSR count). The van der Waals surface area contributed by atoms with Crippen LogP contribution in [0.1, 0.15) is 124 Å². The molecule has 5 unspecified atom stereocenters. The van der Waals surface area contributed by atoms with Crippen molar-refractivity contribution in [1.82, 2.24) is 0 Å². The highest BCUT2D eigenvalue weighted by atomic mass is 14.4. The van der Waals surface area contributed by atoms with Crippen molar-refractivity contribution in [3.05, 3.63) is 144 Å². The molecule has 3 aromatic rings. The molecule has 5 atom stereocenters. The van der Waals surface area contributed by atoms with E-state index in [-0.39, 0.29) is 0 Å². The molecule has 0 heterocycles. The van der Waals surface area contributed by atoms with Gasteiger partial charge in [-0.3, -0.25) is 0 Å². The highest BCUT2D eigenvalue weighted by Gasteiger charge is 2.31. The second-order valence-corrected chi connectivity index (χ2v) is 14.7. The number of aryl methyl sites for hydroxylation is 1. The van der Waals surface area contributed by atoms with Gasteiger partial charge in [-0.25, -0.2) is 0 Å². The summed E-state index contributed by atoms with van der Waals surface area (Å²) < 4.78 is 0. The Hall–Kier alpha value is -3.12. The quantitative estimate of drug-likeness (QED) is 0.162. The van der Waals surface area contributed by atoms with Crippen LogP contribution in [0.4, 0.5) is 0 Å². The van der Waals surface area contributed by atoms with Crippen LogP contribution in [-0.2, 0) is 12.8 Å². The second kappa shape index (κ2) is 16.4. The maximum Gasteiger partial charge on any atom is -0.0118 e. The molecule has 2 aliphatic rings. The molecule has 45 heavy (non-hydrogen) atoms. The highest BCUT2D eigenvalue weighted by molar-refractivity contribution is 5.31. The van der Waals surface area contributed by atoms with Gasteiger partial charge in [0.1, 0.15) is 0 Å². The molecular formula is C45H58. The van der Waals surface area contributed by atoms with Gasteiger partial charge in [0.2, 0.25) is 0 Å². The predicted molar refractivity (Wildman–Crippen MR) is 196 cm³/mol. The van der Waals surface area contributed by atoms with Crippen LogP contribution in [0, 0.1) is 23.7 Å². The summed E-state index contributed by atoms with van der Waals surface area (Å²) in [7, 11) is 0. The molecule has 0 aromatic heterocycles. The average Bonchev–Trinajstić information content (AvgIpc) is 3.09. The van der Waals surface area contributed by atoms with Crippen molar-refractivity contribution in [3.63, 3.8) is 0 Å². The standard InChI is InChI=1S/C45H58/c1-6-34(5)13-21-44-32-42(33(3)4)29-30-45(44)41-26-16-36(17-27-41)18-28-43(38-11-9-8-10-12-38)31-37-19-24-40(25-20-37)39-22-14-35(7-2)15-23-39/h6-12,16-17,19-20,24-27,34-35,39,42-45H,1-3,13-15,18,21-23,28-32H2,4-5H3. The molecule has 2 saturated carbocycles. The van der Waals surface area contributed by atoms with Crippen molar-refractivity contribution < 1.29 is 0 Å². The van der Waals surface area contributed by atoms with Gasteiger partial charge in [-0.05, 0) is 153 Å². The first-order valence-electron chi connectivity index (χ1n) is 18.1. The first-order valence-corrected chi connectivity index (χ1v) is 18.1. The lowest BCUT2D eigenvalue weighted by atomic mass is 9.68. The molecule has 0 bridgehead atoms. The van der Waals surface area contributed by atoms with Crippen molar-refractivity contribution in [2.45, 2.75) is 109 Å². The van der Waals surface area contributed by atoms with Gasteiger partial charge in [0.05, 0.1) is 0 Å². The zero-order valence-corrected chi connectivity index (χ0v) is 28.3. The van der Waals surface area contributed by atoms with Crippen molar-refractivity contribution >= 4 is 0 Å². The molecule has 0 saturated heterocycles. The molecule has 0 heteroatoms. The summed E-state index contributed by atoms with van der Waals surface area (Å²) in [6.07, 6.45) is 19.2. The Labute approximate surface area is 275 Å². The van der Waals surface area contributed by atoms with Gasteiger partial charge < -0.3 is 0 Å². The number of benzene rings is 3. The van der Waals surface area contributed by atoms with E-state index in [1.807, 2.05) is 0 Å². The zero-order chi connectivity index (χ0) is 31.6. The average molecular weight is 599 g/mol. The summed E-state index contributed by atoms with van der Waals surface area (Å²) in [6, 6.07) is 30.7. The third-order valence-corrected chi connectivity index (χ3v) is 11.6. The fourth-order valence-electron chi connectivity index (χ4n) is 8.35. The lowest BCUT2D eigenvalue weighted by molar-refractivity contribution is 0.234. The summed E-state index contributed by atoms with van der Waals surface area (Å²) in [5.74, 6) is 4.65. The van der Waals surface area contributed by atoms with Crippen LogP contribution >= 0.6 is 0 Å². The van der Waals surface area contributed by atoms with E-state index in [4.69, 9.17) is 0 Å². The lowest BCUT2D eigenvalue weighted by Crippen LogP contribution is -2.24. The smallest absolute Gasteiger partial charge is 0.0118 e. The fourth-order valence-corrected chi connectivity index (χ4v) is 8.35. The molecule has 0 radical (unpaired) electrons. The first kappa shape index (κ1) is 33.2. The third-order valence-electron chi connectivity index (χ3n) is 11.6. The van der Waals surface area contributed by atoms with Crippen LogP contribution in [0.2, 0.25) is 0 Å². The van der Waals surface area contributed by atoms with Crippen LogP contribution in [0.3, 0.4) is 0 Å². The number of rotatable bonds is 14. The normalized spacial score (nSPS) is 24.8. The predicted octanol–water partition coefficient (Wildman–Crippen LogP) is 12.8. The first-order chi connectivity index (χ1) is 21.9. The van der Waals surface area contributed by atoms with E-state index in [1.165, 1.54) is 92.0 Å². The van der Waals surface area contributed by atoms with E-state index in [9.17, 15) is 0 Å². The minimum atomic E-state index is 0.522. The van der Waals surface area contributed by atoms with Gasteiger partial charge in [-0.15, -0.1) is 13.2 Å². The molecule has 3 aromatic carbocycles. The van der Waals surface area contributed by atoms with Gasteiger partial charge in [-0.2, -0.15) is 0 Å². The topological polar surface area (TPSA) is 0 Å². The van der Waals surface area contributed by atoms with E-state index >= 15 is 0 Å². The molecule has 0 aliphatic heterocycles.